The largest absolute Gasteiger partial charge is 0.490 e. The van der Waals surface area contributed by atoms with Crippen LogP contribution in [0.5, 0.6) is 11.5 Å². The van der Waals surface area contributed by atoms with E-state index in [0.29, 0.717) is 46.3 Å². The summed E-state index contributed by atoms with van der Waals surface area (Å²) in [6.07, 6.45) is 4.95. The third-order valence-corrected chi connectivity index (χ3v) is 5.40. The minimum atomic E-state index is 0.350. The number of ether oxygens (including phenoxy) is 2. The molecule has 0 bridgehead atoms. The molecule has 0 atom stereocenters. The Morgan fingerprint density at radius 1 is 0.821 bits per heavy atom. The molecular formula is C22H28Cl3NO2. The van der Waals surface area contributed by atoms with E-state index in [1.54, 1.807) is 12.1 Å². The van der Waals surface area contributed by atoms with E-state index < -0.39 is 0 Å². The van der Waals surface area contributed by atoms with Crippen LogP contribution in [-0.4, -0.2) is 13.2 Å². The van der Waals surface area contributed by atoms with Crippen LogP contribution in [0.15, 0.2) is 30.3 Å². The fourth-order valence-corrected chi connectivity index (χ4v) is 3.33. The summed E-state index contributed by atoms with van der Waals surface area (Å²) in [4.78, 5) is 0. The summed E-state index contributed by atoms with van der Waals surface area (Å²) in [5, 5.41) is 5.14. The molecule has 1 N–H and O–H groups in total. The van der Waals surface area contributed by atoms with Gasteiger partial charge in [-0.3, -0.25) is 0 Å². The van der Waals surface area contributed by atoms with Crippen LogP contribution in [0.4, 0.5) is 0 Å². The highest BCUT2D eigenvalue weighted by molar-refractivity contribution is 6.42. The Kier molecular flexibility index (Phi) is 10.3. The van der Waals surface area contributed by atoms with Crippen molar-refractivity contribution in [2.45, 2.75) is 52.7 Å². The quantitative estimate of drug-likeness (QED) is 0.348. The molecule has 0 saturated carbocycles. The summed E-state index contributed by atoms with van der Waals surface area (Å²) in [5.74, 6) is 1.30. The molecule has 0 aliphatic heterocycles. The smallest absolute Gasteiger partial charge is 0.163 e. The van der Waals surface area contributed by atoms with Crippen molar-refractivity contribution < 1.29 is 9.47 Å². The lowest BCUT2D eigenvalue weighted by Crippen LogP contribution is -2.15. The van der Waals surface area contributed by atoms with Crippen molar-refractivity contribution in [1.82, 2.24) is 5.32 Å². The van der Waals surface area contributed by atoms with Gasteiger partial charge >= 0.3 is 0 Å². The number of benzene rings is 2. The van der Waals surface area contributed by atoms with E-state index in [1.165, 1.54) is 25.7 Å². The molecule has 6 heteroatoms. The van der Waals surface area contributed by atoms with Crippen molar-refractivity contribution in [3.8, 4) is 11.5 Å². The van der Waals surface area contributed by atoms with Gasteiger partial charge in [-0.15, -0.1) is 0 Å². The predicted molar refractivity (Wildman–Crippen MR) is 119 cm³/mol. The second-order valence-electron chi connectivity index (χ2n) is 6.60. The summed E-state index contributed by atoms with van der Waals surface area (Å²) in [6, 6.07) is 9.21. The van der Waals surface area contributed by atoms with Crippen molar-refractivity contribution in [1.29, 1.82) is 0 Å². The normalized spacial score (nSPS) is 10.9. The molecule has 2 rings (SSSR count). The SMILES string of the molecule is CCCCCCNCc1cc(OCC)c(OCc2ccc(Cl)c(Cl)c2)cc1Cl. The van der Waals surface area contributed by atoms with Crippen LogP contribution in [-0.2, 0) is 13.2 Å². The van der Waals surface area contributed by atoms with Crippen LogP contribution in [0.2, 0.25) is 15.1 Å². The van der Waals surface area contributed by atoms with Crippen LogP contribution in [0, 0.1) is 0 Å². The van der Waals surface area contributed by atoms with E-state index in [-0.39, 0.29) is 0 Å². The van der Waals surface area contributed by atoms with Crippen molar-refractivity contribution in [3.05, 3.63) is 56.5 Å². The maximum Gasteiger partial charge on any atom is 0.163 e. The molecule has 0 aromatic heterocycles. The van der Waals surface area contributed by atoms with Gasteiger partial charge in [0.15, 0.2) is 11.5 Å². The second-order valence-corrected chi connectivity index (χ2v) is 7.82. The van der Waals surface area contributed by atoms with Gasteiger partial charge in [0, 0.05) is 17.6 Å². The first kappa shape index (κ1) is 23.2. The van der Waals surface area contributed by atoms with Gasteiger partial charge in [0.05, 0.1) is 16.7 Å². The van der Waals surface area contributed by atoms with Crippen LogP contribution >= 0.6 is 34.8 Å². The van der Waals surface area contributed by atoms with Crippen LogP contribution in [0.3, 0.4) is 0 Å². The van der Waals surface area contributed by atoms with Crippen LogP contribution in [0.1, 0.15) is 50.7 Å². The van der Waals surface area contributed by atoms with Gasteiger partial charge in [-0.1, -0.05) is 67.1 Å². The average Bonchev–Trinajstić information content (AvgIpc) is 2.68. The summed E-state index contributed by atoms with van der Waals surface area (Å²) >= 11 is 18.5. The first-order valence-electron chi connectivity index (χ1n) is 9.77. The van der Waals surface area contributed by atoms with Crippen molar-refractivity contribution in [2.75, 3.05) is 13.2 Å². The van der Waals surface area contributed by atoms with Gasteiger partial charge < -0.3 is 14.8 Å². The minimum absolute atomic E-state index is 0.350. The first-order valence-corrected chi connectivity index (χ1v) is 10.9. The average molecular weight is 445 g/mol. The van der Waals surface area contributed by atoms with E-state index in [1.807, 2.05) is 25.1 Å². The Balaban J connectivity index is 2.01. The van der Waals surface area contributed by atoms with Gasteiger partial charge in [-0.05, 0) is 49.2 Å². The lowest BCUT2D eigenvalue weighted by Gasteiger charge is -2.15. The van der Waals surface area contributed by atoms with E-state index >= 15 is 0 Å². The Morgan fingerprint density at radius 2 is 1.61 bits per heavy atom. The van der Waals surface area contributed by atoms with Gasteiger partial charge in [0.2, 0.25) is 0 Å². The van der Waals surface area contributed by atoms with E-state index in [9.17, 15) is 0 Å². The number of hydrogen-bond donors (Lipinski definition) is 1. The number of unbranched alkanes of at least 4 members (excludes halogenated alkanes) is 3. The Labute approximate surface area is 183 Å². The summed E-state index contributed by atoms with van der Waals surface area (Å²) < 4.78 is 11.7. The second kappa shape index (κ2) is 12.4. The van der Waals surface area contributed by atoms with Crippen molar-refractivity contribution >= 4 is 34.8 Å². The molecule has 0 spiro atoms. The molecule has 3 nitrogen and oxygen atoms in total. The van der Waals surface area contributed by atoms with Crippen molar-refractivity contribution in [3.63, 3.8) is 0 Å². The van der Waals surface area contributed by atoms with E-state index in [0.717, 1.165) is 17.7 Å². The highest BCUT2D eigenvalue weighted by Crippen LogP contribution is 2.34. The number of halogens is 3. The molecule has 28 heavy (non-hydrogen) atoms. The highest BCUT2D eigenvalue weighted by atomic mass is 35.5. The van der Waals surface area contributed by atoms with Gasteiger partial charge in [0.1, 0.15) is 6.61 Å². The molecule has 0 aliphatic carbocycles. The molecule has 2 aromatic rings. The molecule has 0 aliphatic rings. The first-order chi connectivity index (χ1) is 13.5. The third kappa shape index (κ3) is 7.36. The standard InChI is InChI=1S/C22H28Cl3NO2/c1-3-5-6-7-10-26-14-17-12-21(27-4-2)22(13-19(17)24)28-15-16-8-9-18(23)20(25)11-16/h8-9,11-13,26H,3-7,10,14-15H2,1-2H3. The number of rotatable bonds is 12. The van der Waals surface area contributed by atoms with Crippen LogP contribution in [0.25, 0.3) is 0 Å². The molecule has 0 fully saturated rings. The number of hydrogen-bond acceptors (Lipinski definition) is 3. The fraction of sp³-hybridized carbons (Fsp3) is 0.455. The zero-order chi connectivity index (χ0) is 20.4. The molecular weight excluding hydrogens is 417 g/mol. The lowest BCUT2D eigenvalue weighted by atomic mass is 10.1. The lowest BCUT2D eigenvalue weighted by molar-refractivity contribution is 0.269. The molecule has 0 saturated heterocycles. The van der Waals surface area contributed by atoms with E-state index in [2.05, 4.69) is 12.2 Å². The predicted octanol–water partition coefficient (Wildman–Crippen LogP) is 7.29. The third-order valence-electron chi connectivity index (χ3n) is 4.31. The molecule has 0 amide bonds. The van der Waals surface area contributed by atoms with Gasteiger partial charge in [0.25, 0.3) is 0 Å². The molecule has 0 heterocycles. The van der Waals surface area contributed by atoms with Gasteiger partial charge in [-0.2, -0.15) is 0 Å². The molecule has 0 radical (unpaired) electrons. The van der Waals surface area contributed by atoms with E-state index in [4.69, 9.17) is 44.3 Å². The highest BCUT2D eigenvalue weighted by Gasteiger charge is 2.12. The Morgan fingerprint density at radius 3 is 2.32 bits per heavy atom. The Hall–Kier alpha value is -1.13. The molecule has 0 unspecified atom stereocenters. The Bertz CT molecular complexity index is 753. The summed E-state index contributed by atoms with van der Waals surface area (Å²) in [5.41, 5.74) is 1.92. The minimum Gasteiger partial charge on any atom is -0.490 e. The number of nitrogens with one attached hydrogen (secondary N) is 1. The molecule has 154 valence electrons. The van der Waals surface area contributed by atoms with Crippen molar-refractivity contribution in [2.24, 2.45) is 0 Å². The monoisotopic (exact) mass is 443 g/mol. The van der Waals surface area contributed by atoms with Gasteiger partial charge in [-0.25, -0.2) is 0 Å². The zero-order valence-corrected chi connectivity index (χ0v) is 18.8. The maximum atomic E-state index is 6.48. The topological polar surface area (TPSA) is 30.5 Å². The fourth-order valence-electron chi connectivity index (χ4n) is 2.78. The summed E-state index contributed by atoms with van der Waals surface area (Å²) in [6.45, 7) is 6.75. The summed E-state index contributed by atoms with van der Waals surface area (Å²) in [7, 11) is 0. The zero-order valence-electron chi connectivity index (χ0n) is 16.5. The molecule has 2 aromatic carbocycles. The van der Waals surface area contributed by atoms with Crippen LogP contribution < -0.4 is 14.8 Å². The maximum absolute atomic E-state index is 6.48.